The van der Waals surface area contributed by atoms with Gasteiger partial charge in [0.2, 0.25) is 5.91 Å². The number of hydrogen-bond donors (Lipinski definition) is 1. The van der Waals surface area contributed by atoms with Gasteiger partial charge in [-0.3, -0.25) is 4.79 Å². The highest BCUT2D eigenvalue weighted by molar-refractivity contribution is 5.88. The van der Waals surface area contributed by atoms with Gasteiger partial charge in [0.25, 0.3) is 0 Å². The number of carbonyl (C=O) groups excluding carboxylic acids is 1. The summed E-state index contributed by atoms with van der Waals surface area (Å²) in [5.41, 5.74) is 3.32. The second kappa shape index (κ2) is 6.03. The van der Waals surface area contributed by atoms with Gasteiger partial charge in [-0.05, 0) is 54.5 Å². The van der Waals surface area contributed by atoms with Crippen molar-refractivity contribution in [2.75, 3.05) is 6.54 Å². The maximum absolute atomic E-state index is 13.1. The van der Waals surface area contributed by atoms with Gasteiger partial charge in [-0.2, -0.15) is 0 Å². The molecule has 1 heterocycles. The molecule has 2 aromatic rings. The van der Waals surface area contributed by atoms with E-state index in [9.17, 15) is 14.7 Å². The number of carbonyl (C=O) groups is 2. The number of amides is 1. The van der Waals surface area contributed by atoms with Crippen LogP contribution in [0, 0.1) is 5.41 Å². The number of carboxylic acids is 1. The second-order valence-corrected chi connectivity index (χ2v) is 7.21. The number of benzene rings is 2. The number of hydrogen-bond acceptors (Lipinski definition) is 2. The molecule has 0 saturated carbocycles. The summed E-state index contributed by atoms with van der Waals surface area (Å²) < 4.78 is 0. The molecule has 2 aliphatic rings. The average Bonchev–Trinajstić information content (AvgIpc) is 2.91. The number of rotatable bonds is 3. The van der Waals surface area contributed by atoms with Crippen LogP contribution in [0.25, 0.3) is 0 Å². The van der Waals surface area contributed by atoms with Crippen LogP contribution in [0.5, 0.6) is 0 Å². The maximum atomic E-state index is 13.1. The topological polar surface area (TPSA) is 57.6 Å². The van der Waals surface area contributed by atoms with Gasteiger partial charge < -0.3 is 10.0 Å². The minimum absolute atomic E-state index is 0.225. The Labute approximate surface area is 147 Å². The molecule has 4 rings (SSSR count). The lowest BCUT2D eigenvalue weighted by atomic mass is 9.70. The maximum Gasteiger partial charge on any atom is 0.335 e. The van der Waals surface area contributed by atoms with Crippen molar-refractivity contribution in [3.63, 3.8) is 0 Å². The molecule has 1 amide bonds. The molecule has 1 N–H and O–H groups in total. The molecule has 0 radical (unpaired) electrons. The van der Waals surface area contributed by atoms with Gasteiger partial charge in [0.1, 0.15) is 0 Å². The van der Waals surface area contributed by atoms with Crippen LogP contribution < -0.4 is 0 Å². The van der Waals surface area contributed by atoms with Gasteiger partial charge in [-0.25, -0.2) is 4.79 Å². The van der Waals surface area contributed by atoms with Crippen molar-refractivity contribution in [3.05, 3.63) is 70.8 Å². The Morgan fingerprint density at radius 3 is 2.64 bits per heavy atom. The summed E-state index contributed by atoms with van der Waals surface area (Å²) in [6.45, 7) is 1.44. The van der Waals surface area contributed by atoms with Crippen LogP contribution in [-0.2, 0) is 24.2 Å². The van der Waals surface area contributed by atoms with Crippen molar-refractivity contribution in [3.8, 4) is 0 Å². The Morgan fingerprint density at radius 2 is 1.88 bits per heavy atom. The van der Waals surface area contributed by atoms with Gasteiger partial charge in [0, 0.05) is 13.1 Å². The fourth-order valence-corrected chi connectivity index (χ4v) is 4.24. The first-order valence-corrected chi connectivity index (χ1v) is 8.76. The first kappa shape index (κ1) is 15.9. The van der Waals surface area contributed by atoms with E-state index >= 15 is 0 Å². The first-order valence-electron chi connectivity index (χ1n) is 8.76. The molecule has 1 spiro atoms. The van der Waals surface area contributed by atoms with Crippen LogP contribution in [0.3, 0.4) is 0 Å². The molecule has 1 fully saturated rings. The highest BCUT2D eigenvalue weighted by Gasteiger charge is 2.47. The predicted octanol–water partition coefficient (Wildman–Crippen LogP) is 3.29. The molecule has 4 heteroatoms. The average molecular weight is 335 g/mol. The summed E-state index contributed by atoms with van der Waals surface area (Å²) >= 11 is 0. The normalized spacial score (nSPS) is 22.2. The fraction of sp³-hybridized carbons (Fsp3) is 0.333. The fourth-order valence-electron chi connectivity index (χ4n) is 4.24. The molecule has 0 aromatic heterocycles. The Bertz CT molecular complexity index is 830. The van der Waals surface area contributed by atoms with Crippen LogP contribution in [0.1, 0.15) is 39.9 Å². The monoisotopic (exact) mass is 335 g/mol. The Morgan fingerprint density at radius 1 is 1.08 bits per heavy atom. The van der Waals surface area contributed by atoms with Crippen LogP contribution >= 0.6 is 0 Å². The third-order valence-electron chi connectivity index (χ3n) is 5.67. The zero-order valence-corrected chi connectivity index (χ0v) is 14.1. The van der Waals surface area contributed by atoms with Crippen LogP contribution in [-0.4, -0.2) is 28.4 Å². The van der Waals surface area contributed by atoms with Crippen LogP contribution in [0.2, 0.25) is 0 Å². The van der Waals surface area contributed by atoms with E-state index in [4.69, 9.17) is 0 Å². The van der Waals surface area contributed by atoms with Crippen molar-refractivity contribution < 1.29 is 14.7 Å². The number of aromatic carboxylic acids is 1. The van der Waals surface area contributed by atoms with E-state index in [1.807, 2.05) is 41.3 Å². The zero-order chi connectivity index (χ0) is 17.4. The van der Waals surface area contributed by atoms with Crippen molar-refractivity contribution in [2.45, 2.75) is 32.2 Å². The molecule has 1 aliphatic heterocycles. The predicted molar refractivity (Wildman–Crippen MR) is 94.3 cm³/mol. The van der Waals surface area contributed by atoms with E-state index in [1.54, 1.807) is 12.1 Å². The Kier molecular flexibility index (Phi) is 3.83. The van der Waals surface area contributed by atoms with Crippen molar-refractivity contribution in [2.24, 2.45) is 5.41 Å². The molecule has 0 unspecified atom stereocenters. The summed E-state index contributed by atoms with van der Waals surface area (Å²) in [4.78, 5) is 26.3. The summed E-state index contributed by atoms with van der Waals surface area (Å²) in [5.74, 6) is -0.686. The standard InChI is InChI=1S/C21H21NO3/c23-19(24)17-7-6-16-8-9-21(13-18(16)12-17)10-11-22(20(21)25)14-15-4-2-1-3-5-15/h1-7,12H,8-11,13-14H2,(H,23,24)/t21-/m1/s1. The third kappa shape index (κ3) is 2.82. The molecule has 128 valence electrons. The van der Waals surface area contributed by atoms with Gasteiger partial charge in [0.15, 0.2) is 0 Å². The summed E-state index contributed by atoms with van der Waals surface area (Å²) in [5, 5.41) is 9.23. The number of likely N-dealkylation sites (tertiary alicyclic amines) is 1. The van der Waals surface area contributed by atoms with E-state index in [0.29, 0.717) is 18.5 Å². The second-order valence-electron chi connectivity index (χ2n) is 7.21. The SMILES string of the molecule is O=C(O)c1ccc2c(c1)C[C@@]1(CC2)CCN(Cc2ccccc2)C1=O. The van der Waals surface area contributed by atoms with Gasteiger partial charge in [-0.1, -0.05) is 36.4 Å². The molecule has 1 saturated heterocycles. The van der Waals surface area contributed by atoms with E-state index in [-0.39, 0.29) is 11.3 Å². The summed E-state index contributed by atoms with van der Waals surface area (Å²) in [6, 6.07) is 15.4. The number of carboxylic acid groups (broad SMARTS) is 1. The molecule has 0 bridgehead atoms. The quantitative estimate of drug-likeness (QED) is 0.936. The van der Waals surface area contributed by atoms with Crippen LogP contribution in [0.4, 0.5) is 0 Å². The molecule has 4 nitrogen and oxygen atoms in total. The number of fused-ring (bicyclic) bond motifs is 1. The molecule has 2 aromatic carbocycles. The number of nitrogens with zero attached hydrogens (tertiary/aromatic N) is 1. The van der Waals surface area contributed by atoms with Crippen molar-refractivity contribution in [1.82, 2.24) is 4.90 Å². The lowest BCUT2D eigenvalue weighted by Gasteiger charge is -2.33. The first-order chi connectivity index (χ1) is 12.1. The Hall–Kier alpha value is -2.62. The lowest BCUT2D eigenvalue weighted by Crippen LogP contribution is -2.38. The smallest absolute Gasteiger partial charge is 0.335 e. The summed E-state index contributed by atoms with van der Waals surface area (Å²) in [7, 11) is 0. The lowest BCUT2D eigenvalue weighted by molar-refractivity contribution is -0.137. The van der Waals surface area contributed by atoms with Gasteiger partial charge in [-0.15, -0.1) is 0 Å². The molecule has 1 aliphatic carbocycles. The highest BCUT2D eigenvalue weighted by atomic mass is 16.4. The third-order valence-corrected chi connectivity index (χ3v) is 5.67. The highest BCUT2D eigenvalue weighted by Crippen LogP contribution is 2.44. The molecule has 1 atom stereocenters. The van der Waals surface area contributed by atoms with Gasteiger partial charge in [0.05, 0.1) is 11.0 Å². The minimum atomic E-state index is -0.911. The van der Waals surface area contributed by atoms with Crippen LogP contribution in [0.15, 0.2) is 48.5 Å². The molecular weight excluding hydrogens is 314 g/mol. The van der Waals surface area contributed by atoms with Crippen molar-refractivity contribution in [1.29, 1.82) is 0 Å². The molecule has 25 heavy (non-hydrogen) atoms. The van der Waals surface area contributed by atoms with Gasteiger partial charge >= 0.3 is 5.97 Å². The largest absolute Gasteiger partial charge is 0.478 e. The van der Waals surface area contributed by atoms with E-state index in [1.165, 1.54) is 5.56 Å². The molecular formula is C21H21NO3. The van der Waals surface area contributed by atoms with E-state index in [2.05, 4.69) is 0 Å². The van der Waals surface area contributed by atoms with Crippen molar-refractivity contribution >= 4 is 11.9 Å². The Balaban J connectivity index is 1.56. The number of aryl methyl sites for hydroxylation is 1. The van der Waals surface area contributed by atoms with E-state index < -0.39 is 5.97 Å². The van der Waals surface area contributed by atoms with E-state index in [0.717, 1.165) is 36.9 Å². The minimum Gasteiger partial charge on any atom is -0.478 e. The summed E-state index contributed by atoms with van der Waals surface area (Å²) in [6.07, 6.45) is 3.22. The zero-order valence-electron chi connectivity index (χ0n) is 14.1.